The first kappa shape index (κ1) is 17.6. The van der Waals surface area contributed by atoms with Crippen molar-refractivity contribution in [3.63, 3.8) is 0 Å². The zero-order valence-electron chi connectivity index (χ0n) is 14.6. The monoisotopic (exact) mass is 381 g/mol. The Morgan fingerprint density at radius 2 is 2.00 bits per heavy atom. The van der Waals surface area contributed by atoms with Gasteiger partial charge >= 0.3 is 0 Å². The predicted octanol–water partition coefficient (Wildman–Crippen LogP) is 3.45. The van der Waals surface area contributed by atoms with Gasteiger partial charge in [0.15, 0.2) is 0 Å². The van der Waals surface area contributed by atoms with Crippen molar-refractivity contribution in [3.8, 4) is 5.75 Å². The molecular weight excluding hydrogens is 362 g/mol. The summed E-state index contributed by atoms with van der Waals surface area (Å²) >= 11 is 0.915. The number of nitrogens with zero attached hydrogens (tertiary/aromatic N) is 2. The Bertz CT molecular complexity index is 864. The fraction of sp³-hybridized carbons (Fsp3) is 0.250. The molecule has 2 amide bonds. The Labute approximate surface area is 161 Å². The molecule has 2 heterocycles. The Morgan fingerprint density at radius 1 is 1.19 bits per heavy atom. The lowest BCUT2D eigenvalue weighted by Crippen LogP contribution is -2.31. The van der Waals surface area contributed by atoms with Gasteiger partial charge in [0.25, 0.3) is 11.1 Å². The summed E-state index contributed by atoms with van der Waals surface area (Å²) in [5.41, 5.74) is 0.850. The van der Waals surface area contributed by atoms with Crippen molar-refractivity contribution >= 4 is 34.8 Å². The molecule has 1 aliphatic carbocycles. The smallest absolute Gasteiger partial charge is 0.290 e. The second-order valence-electron chi connectivity index (χ2n) is 6.38. The van der Waals surface area contributed by atoms with Gasteiger partial charge in [0.05, 0.1) is 11.4 Å². The normalized spacial score (nSPS) is 17.9. The highest BCUT2D eigenvalue weighted by Gasteiger charge is 2.29. The van der Waals surface area contributed by atoms with E-state index in [0.717, 1.165) is 35.4 Å². The molecule has 4 rings (SSSR count). The van der Waals surface area contributed by atoms with Crippen LogP contribution in [0.5, 0.6) is 5.75 Å². The van der Waals surface area contributed by atoms with Crippen LogP contribution in [0.15, 0.2) is 53.6 Å². The van der Waals surface area contributed by atoms with Gasteiger partial charge in [-0.3, -0.25) is 14.9 Å². The Balaban J connectivity index is 1.33. The second-order valence-corrected chi connectivity index (χ2v) is 7.40. The molecule has 1 aliphatic heterocycles. The van der Waals surface area contributed by atoms with Crippen LogP contribution in [0.3, 0.4) is 0 Å². The van der Waals surface area contributed by atoms with E-state index in [1.165, 1.54) is 12.8 Å². The first-order valence-electron chi connectivity index (χ1n) is 8.84. The third-order valence-corrected chi connectivity index (χ3v) is 5.16. The molecule has 27 heavy (non-hydrogen) atoms. The maximum atomic E-state index is 11.6. The van der Waals surface area contributed by atoms with Crippen LogP contribution in [0.25, 0.3) is 6.08 Å². The molecule has 0 atom stereocenters. The summed E-state index contributed by atoms with van der Waals surface area (Å²) in [6.07, 6.45) is 5.92. The molecule has 1 saturated heterocycles. The third kappa shape index (κ3) is 4.49. The summed E-state index contributed by atoms with van der Waals surface area (Å²) in [5.74, 6) is 1.42. The molecule has 1 aromatic carbocycles. The maximum Gasteiger partial charge on any atom is 0.290 e. The van der Waals surface area contributed by atoms with Crippen molar-refractivity contribution in [1.82, 2.24) is 10.3 Å². The fourth-order valence-corrected chi connectivity index (χ4v) is 3.57. The zero-order chi connectivity index (χ0) is 18.6. The lowest BCUT2D eigenvalue weighted by atomic mass is 10.2. The molecule has 6 nitrogen and oxygen atoms in total. The van der Waals surface area contributed by atoms with Crippen molar-refractivity contribution in [2.75, 3.05) is 18.1 Å². The van der Waals surface area contributed by atoms with E-state index in [-0.39, 0.29) is 11.1 Å². The fourth-order valence-electron chi connectivity index (χ4n) is 2.89. The van der Waals surface area contributed by atoms with Crippen LogP contribution in [-0.2, 0) is 4.79 Å². The standard InChI is InChI=1S/C20H19N3O3S/c24-19-17(27-20(25)22-19)13-14-4-8-16(9-5-14)26-12-11-23(15-6-7-15)18-3-1-2-10-21-18/h1-5,8-10,13,15H,6-7,11-12H2,(H,22,24,25)/b17-13+. The molecule has 2 aliphatic rings. The minimum absolute atomic E-state index is 0.334. The Kier molecular flexibility index (Phi) is 5.11. The van der Waals surface area contributed by atoms with Gasteiger partial charge in [0.1, 0.15) is 18.2 Å². The summed E-state index contributed by atoms with van der Waals surface area (Å²) < 4.78 is 5.87. The number of ether oxygens (including phenoxy) is 1. The average molecular weight is 381 g/mol. The van der Waals surface area contributed by atoms with Crippen molar-refractivity contribution in [3.05, 3.63) is 59.1 Å². The number of hydrogen-bond donors (Lipinski definition) is 1. The topological polar surface area (TPSA) is 71.5 Å². The molecule has 0 unspecified atom stereocenters. The number of imide groups is 1. The summed E-state index contributed by atoms with van der Waals surface area (Å²) in [4.78, 5) is 29.9. The molecule has 0 bridgehead atoms. The van der Waals surface area contributed by atoms with Crippen LogP contribution in [-0.4, -0.2) is 35.3 Å². The summed E-state index contributed by atoms with van der Waals surface area (Å²) in [7, 11) is 0. The number of hydrogen-bond acceptors (Lipinski definition) is 6. The van der Waals surface area contributed by atoms with Gasteiger partial charge in [0, 0.05) is 12.2 Å². The zero-order valence-corrected chi connectivity index (χ0v) is 15.4. The number of benzene rings is 1. The number of rotatable bonds is 7. The minimum atomic E-state index is -0.347. The van der Waals surface area contributed by atoms with Gasteiger partial charge < -0.3 is 9.64 Å². The van der Waals surface area contributed by atoms with Crippen molar-refractivity contribution in [2.24, 2.45) is 0 Å². The van der Waals surface area contributed by atoms with Gasteiger partial charge in [-0.1, -0.05) is 18.2 Å². The number of anilines is 1. The largest absolute Gasteiger partial charge is 0.492 e. The molecule has 138 valence electrons. The van der Waals surface area contributed by atoms with Gasteiger partial charge in [-0.2, -0.15) is 0 Å². The van der Waals surface area contributed by atoms with Crippen LogP contribution in [0.2, 0.25) is 0 Å². The second kappa shape index (κ2) is 7.84. The number of aromatic nitrogens is 1. The number of amides is 2. The van der Waals surface area contributed by atoms with E-state index in [2.05, 4.69) is 15.2 Å². The molecule has 0 spiro atoms. The number of pyridine rings is 1. The molecule has 2 aromatic rings. The van der Waals surface area contributed by atoms with E-state index in [0.29, 0.717) is 17.6 Å². The summed E-state index contributed by atoms with van der Waals surface area (Å²) in [5, 5.41) is 1.91. The number of carbonyl (C=O) groups excluding carboxylic acids is 2. The lowest BCUT2D eigenvalue weighted by Gasteiger charge is -2.23. The van der Waals surface area contributed by atoms with Crippen LogP contribution in [0.4, 0.5) is 10.6 Å². The molecule has 2 fully saturated rings. The highest BCUT2D eigenvalue weighted by molar-refractivity contribution is 8.18. The molecule has 1 aromatic heterocycles. The first-order valence-corrected chi connectivity index (χ1v) is 9.66. The maximum absolute atomic E-state index is 11.6. The van der Waals surface area contributed by atoms with E-state index in [4.69, 9.17) is 4.74 Å². The SMILES string of the molecule is O=C1NC(=O)/C(=C\c2ccc(OCCN(c3ccccn3)C3CC3)cc2)S1. The molecule has 7 heteroatoms. The Hall–Kier alpha value is -2.80. The summed E-state index contributed by atoms with van der Waals surface area (Å²) in [6.45, 7) is 1.35. The van der Waals surface area contributed by atoms with Crippen LogP contribution < -0.4 is 15.0 Å². The van der Waals surface area contributed by atoms with Gasteiger partial charge in [-0.25, -0.2) is 4.98 Å². The molecule has 1 saturated carbocycles. The third-order valence-electron chi connectivity index (χ3n) is 4.35. The minimum Gasteiger partial charge on any atom is -0.492 e. The van der Waals surface area contributed by atoms with Crippen LogP contribution in [0, 0.1) is 0 Å². The van der Waals surface area contributed by atoms with Crippen LogP contribution in [0.1, 0.15) is 18.4 Å². The predicted molar refractivity (Wildman–Crippen MR) is 106 cm³/mol. The van der Waals surface area contributed by atoms with Gasteiger partial charge in [-0.15, -0.1) is 0 Å². The summed E-state index contributed by atoms with van der Waals surface area (Å²) in [6, 6.07) is 14.0. The van der Waals surface area contributed by atoms with E-state index in [1.54, 1.807) is 6.08 Å². The molecular formula is C20H19N3O3S. The van der Waals surface area contributed by atoms with Crippen molar-refractivity contribution in [2.45, 2.75) is 18.9 Å². The molecule has 1 N–H and O–H groups in total. The highest BCUT2D eigenvalue weighted by atomic mass is 32.2. The van der Waals surface area contributed by atoms with Crippen molar-refractivity contribution in [1.29, 1.82) is 0 Å². The van der Waals surface area contributed by atoms with E-state index in [1.807, 2.05) is 48.7 Å². The van der Waals surface area contributed by atoms with E-state index < -0.39 is 0 Å². The average Bonchev–Trinajstić information content (AvgIpc) is 3.46. The molecule has 0 radical (unpaired) electrons. The van der Waals surface area contributed by atoms with Gasteiger partial charge in [0.2, 0.25) is 0 Å². The number of nitrogens with one attached hydrogen (secondary N) is 1. The van der Waals surface area contributed by atoms with E-state index in [9.17, 15) is 9.59 Å². The lowest BCUT2D eigenvalue weighted by molar-refractivity contribution is -0.115. The number of carbonyl (C=O) groups is 2. The van der Waals surface area contributed by atoms with E-state index >= 15 is 0 Å². The van der Waals surface area contributed by atoms with Crippen molar-refractivity contribution < 1.29 is 14.3 Å². The van der Waals surface area contributed by atoms with Crippen LogP contribution >= 0.6 is 11.8 Å². The quantitative estimate of drug-likeness (QED) is 0.741. The van der Waals surface area contributed by atoms with Gasteiger partial charge in [-0.05, 0) is 60.5 Å². The number of thioether (sulfide) groups is 1. The Morgan fingerprint density at radius 3 is 2.63 bits per heavy atom. The first-order chi connectivity index (χ1) is 13.2. The highest BCUT2D eigenvalue weighted by Crippen LogP contribution is 2.30.